The number of rotatable bonds is 9. The number of carbonyl (C=O) groups excluding carboxylic acids is 1. The van der Waals surface area contributed by atoms with Crippen LogP contribution in [0.3, 0.4) is 0 Å². The fourth-order valence-electron chi connectivity index (χ4n) is 4.02. The normalized spacial score (nSPS) is 13.5. The van der Waals surface area contributed by atoms with Gasteiger partial charge in [-0.1, -0.05) is 30.3 Å². The third kappa shape index (κ3) is 5.34. The van der Waals surface area contributed by atoms with Gasteiger partial charge in [-0.2, -0.15) is 0 Å². The molecule has 178 valence electrons. The highest BCUT2D eigenvalue weighted by Gasteiger charge is 2.29. The highest BCUT2D eigenvalue weighted by molar-refractivity contribution is 7.92. The van der Waals surface area contributed by atoms with Crippen LogP contribution in [0.1, 0.15) is 19.8 Å². The number of hydrogen-bond acceptors (Lipinski definition) is 5. The molecule has 1 aliphatic rings. The quantitative estimate of drug-likeness (QED) is 0.488. The minimum Gasteiger partial charge on any atom is -0.492 e. The van der Waals surface area contributed by atoms with E-state index in [4.69, 9.17) is 4.74 Å². The molecular formula is C26H29N3O4S. The van der Waals surface area contributed by atoms with Gasteiger partial charge < -0.3 is 15.0 Å². The van der Waals surface area contributed by atoms with E-state index in [1.165, 1.54) is 25.0 Å². The number of nitrogens with zero attached hydrogens (tertiary/aromatic N) is 2. The van der Waals surface area contributed by atoms with Gasteiger partial charge in [0.2, 0.25) is 5.91 Å². The maximum Gasteiger partial charge on any atom is 0.264 e. The predicted molar refractivity (Wildman–Crippen MR) is 135 cm³/mol. The summed E-state index contributed by atoms with van der Waals surface area (Å²) >= 11 is 0. The summed E-state index contributed by atoms with van der Waals surface area (Å²) in [6.07, 6.45) is 2.38. The molecular weight excluding hydrogens is 450 g/mol. The Morgan fingerprint density at radius 3 is 2.26 bits per heavy atom. The molecule has 34 heavy (non-hydrogen) atoms. The van der Waals surface area contributed by atoms with Gasteiger partial charge >= 0.3 is 0 Å². The number of amides is 1. The molecule has 1 fully saturated rings. The van der Waals surface area contributed by atoms with E-state index in [0.29, 0.717) is 23.7 Å². The Morgan fingerprint density at radius 1 is 0.941 bits per heavy atom. The van der Waals surface area contributed by atoms with Crippen LogP contribution >= 0.6 is 0 Å². The first-order valence-electron chi connectivity index (χ1n) is 11.4. The molecule has 7 nitrogen and oxygen atoms in total. The molecule has 4 rings (SSSR count). The first-order valence-corrected chi connectivity index (χ1v) is 12.9. The lowest BCUT2D eigenvalue weighted by Crippen LogP contribution is -2.38. The second-order valence-electron chi connectivity index (χ2n) is 8.01. The van der Waals surface area contributed by atoms with Crippen LogP contribution in [0, 0.1) is 0 Å². The number of para-hydroxylation sites is 2. The van der Waals surface area contributed by atoms with Gasteiger partial charge in [-0.25, -0.2) is 8.42 Å². The monoisotopic (exact) mass is 479 g/mol. The minimum absolute atomic E-state index is 0.101. The topological polar surface area (TPSA) is 79.0 Å². The van der Waals surface area contributed by atoms with E-state index in [1.807, 2.05) is 31.2 Å². The molecule has 0 spiro atoms. The van der Waals surface area contributed by atoms with E-state index in [0.717, 1.165) is 23.1 Å². The molecule has 1 amide bonds. The average molecular weight is 480 g/mol. The lowest BCUT2D eigenvalue weighted by atomic mass is 10.2. The molecule has 0 atom stereocenters. The number of anilines is 3. The molecule has 0 unspecified atom stereocenters. The van der Waals surface area contributed by atoms with Gasteiger partial charge in [0.25, 0.3) is 10.0 Å². The molecule has 3 aromatic carbocycles. The van der Waals surface area contributed by atoms with Crippen molar-refractivity contribution in [2.75, 3.05) is 40.8 Å². The first-order chi connectivity index (χ1) is 16.5. The third-order valence-electron chi connectivity index (χ3n) is 5.67. The van der Waals surface area contributed by atoms with Crippen molar-refractivity contribution in [2.24, 2.45) is 0 Å². The van der Waals surface area contributed by atoms with Gasteiger partial charge in [-0.3, -0.25) is 9.10 Å². The van der Waals surface area contributed by atoms with Crippen LogP contribution in [-0.2, 0) is 14.8 Å². The summed E-state index contributed by atoms with van der Waals surface area (Å²) in [7, 11) is -4.01. The maximum atomic E-state index is 13.6. The van der Waals surface area contributed by atoms with Crippen LogP contribution < -0.4 is 19.3 Å². The van der Waals surface area contributed by atoms with Gasteiger partial charge in [0.15, 0.2) is 0 Å². The molecule has 1 N–H and O–H groups in total. The number of hydrogen-bond donors (Lipinski definition) is 1. The zero-order valence-corrected chi connectivity index (χ0v) is 20.0. The predicted octanol–water partition coefficient (Wildman–Crippen LogP) is 4.52. The highest BCUT2D eigenvalue weighted by Crippen LogP contribution is 2.32. The van der Waals surface area contributed by atoms with E-state index >= 15 is 0 Å². The Labute approximate surface area is 201 Å². The third-order valence-corrected chi connectivity index (χ3v) is 7.45. The number of ether oxygens (including phenoxy) is 1. The number of benzene rings is 3. The molecule has 0 radical (unpaired) electrons. The van der Waals surface area contributed by atoms with Crippen molar-refractivity contribution in [1.82, 2.24) is 0 Å². The Kier molecular flexibility index (Phi) is 7.37. The largest absolute Gasteiger partial charge is 0.492 e. The summed E-state index contributed by atoms with van der Waals surface area (Å²) in [6, 6.07) is 22.6. The fourth-order valence-corrected chi connectivity index (χ4v) is 5.47. The molecule has 0 saturated carbocycles. The number of sulfonamides is 1. The first kappa shape index (κ1) is 23.6. The van der Waals surface area contributed by atoms with Crippen molar-refractivity contribution >= 4 is 33.0 Å². The van der Waals surface area contributed by atoms with Gasteiger partial charge in [-0.05, 0) is 68.3 Å². The van der Waals surface area contributed by atoms with Crippen molar-refractivity contribution in [2.45, 2.75) is 24.7 Å². The van der Waals surface area contributed by atoms with Crippen molar-refractivity contribution in [3.63, 3.8) is 0 Å². The lowest BCUT2D eigenvalue weighted by Gasteiger charge is -2.26. The Balaban J connectivity index is 1.59. The zero-order chi connectivity index (χ0) is 24.0. The zero-order valence-electron chi connectivity index (χ0n) is 19.2. The van der Waals surface area contributed by atoms with Crippen molar-refractivity contribution in [3.8, 4) is 5.75 Å². The van der Waals surface area contributed by atoms with Gasteiger partial charge in [0.05, 0.1) is 17.2 Å². The summed E-state index contributed by atoms with van der Waals surface area (Å²) < 4.78 is 33.9. The average Bonchev–Trinajstić information content (AvgIpc) is 3.39. The molecule has 3 aromatic rings. The summed E-state index contributed by atoms with van der Waals surface area (Å²) in [4.78, 5) is 15.4. The van der Waals surface area contributed by atoms with E-state index < -0.39 is 22.5 Å². The second kappa shape index (κ2) is 10.6. The molecule has 8 heteroatoms. The molecule has 0 bridgehead atoms. The Bertz CT molecular complexity index is 1210. The van der Waals surface area contributed by atoms with E-state index in [2.05, 4.69) is 10.2 Å². The van der Waals surface area contributed by atoms with Crippen LogP contribution in [0.15, 0.2) is 83.8 Å². The number of carbonyl (C=O) groups is 1. The van der Waals surface area contributed by atoms with Crippen LogP contribution in [0.4, 0.5) is 17.1 Å². The molecule has 0 aliphatic carbocycles. The van der Waals surface area contributed by atoms with E-state index in [1.54, 1.807) is 42.5 Å². The number of nitrogens with one attached hydrogen (secondary N) is 1. The van der Waals surface area contributed by atoms with Gasteiger partial charge in [0, 0.05) is 24.5 Å². The SMILES string of the molecule is CCOc1ccccc1N(CC(=O)Nc1ccc(N2CCCC2)cc1)S(=O)(=O)c1ccccc1. The van der Waals surface area contributed by atoms with Crippen LogP contribution in [-0.4, -0.2) is 40.6 Å². The lowest BCUT2D eigenvalue weighted by molar-refractivity contribution is -0.114. The Hall–Kier alpha value is -3.52. The molecule has 1 aliphatic heterocycles. The standard InChI is InChI=1S/C26H29N3O4S/c1-2-33-25-13-7-6-12-24(25)29(34(31,32)23-10-4-3-5-11-23)20-26(30)27-21-14-16-22(17-15-21)28-18-8-9-19-28/h3-7,10-17H,2,8-9,18-20H2,1H3,(H,27,30). The summed E-state index contributed by atoms with van der Waals surface area (Å²) in [5.41, 5.74) is 2.05. The van der Waals surface area contributed by atoms with Crippen LogP contribution in [0.5, 0.6) is 5.75 Å². The van der Waals surface area contributed by atoms with Gasteiger partial charge in [0.1, 0.15) is 12.3 Å². The van der Waals surface area contributed by atoms with Crippen molar-refractivity contribution in [3.05, 3.63) is 78.9 Å². The minimum atomic E-state index is -4.01. The Morgan fingerprint density at radius 2 is 1.59 bits per heavy atom. The summed E-state index contributed by atoms with van der Waals surface area (Å²) in [5.74, 6) is -0.0491. The fraction of sp³-hybridized carbons (Fsp3) is 0.269. The van der Waals surface area contributed by atoms with Crippen LogP contribution in [0.2, 0.25) is 0 Å². The smallest absolute Gasteiger partial charge is 0.264 e. The summed E-state index contributed by atoms with van der Waals surface area (Å²) in [5, 5.41) is 2.83. The van der Waals surface area contributed by atoms with Gasteiger partial charge in [-0.15, -0.1) is 0 Å². The van der Waals surface area contributed by atoms with E-state index in [9.17, 15) is 13.2 Å². The van der Waals surface area contributed by atoms with Crippen molar-refractivity contribution < 1.29 is 17.9 Å². The van der Waals surface area contributed by atoms with Crippen LogP contribution in [0.25, 0.3) is 0 Å². The maximum absolute atomic E-state index is 13.6. The molecule has 1 heterocycles. The molecule has 0 aromatic heterocycles. The highest BCUT2D eigenvalue weighted by atomic mass is 32.2. The van der Waals surface area contributed by atoms with Crippen molar-refractivity contribution in [1.29, 1.82) is 0 Å². The molecule has 1 saturated heterocycles. The second-order valence-corrected chi connectivity index (χ2v) is 9.88. The van der Waals surface area contributed by atoms with E-state index in [-0.39, 0.29) is 4.90 Å². The summed E-state index contributed by atoms with van der Waals surface area (Å²) in [6.45, 7) is 3.88.